The van der Waals surface area contributed by atoms with Crippen molar-refractivity contribution in [2.75, 3.05) is 13.1 Å². The van der Waals surface area contributed by atoms with Crippen LogP contribution in [-0.4, -0.2) is 71.9 Å². The molecule has 0 saturated carbocycles. The zero-order valence-corrected chi connectivity index (χ0v) is 16.6. The van der Waals surface area contributed by atoms with E-state index in [2.05, 4.69) is 10.0 Å². The summed E-state index contributed by atoms with van der Waals surface area (Å²) in [6.45, 7) is 4.17. The van der Waals surface area contributed by atoms with Crippen molar-refractivity contribution in [1.29, 1.82) is 0 Å². The summed E-state index contributed by atoms with van der Waals surface area (Å²) >= 11 is 1.41. The van der Waals surface area contributed by atoms with E-state index < -0.39 is 28.2 Å². The minimum atomic E-state index is -3.76. The van der Waals surface area contributed by atoms with Gasteiger partial charge in [-0.05, 0) is 13.3 Å². The number of carbonyl (C=O) groups excluding carboxylic acids is 1. The lowest BCUT2D eigenvalue weighted by Crippen LogP contribution is -2.63. The number of carbonyl (C=O) groups is 2. The summed E-state index contributed by atoms with van der Waals surface area (Å²) in [6, 6.07) is -0.435. The van der Waals surface area contributed by atoms with E-state index in [-0.39, 0.29) is 41.4 Å². The first-order chi connectivity index (χ1) is 12.5. The molecule has 0 aromatic heterocycles. The lowest BCUT2D eigenvalue weighted by molar-refractivity contribution is -0.163. The molecule has 1 unspecified atom stereocenters. The first-order valence-electron chi connectivity index (χ1n) is 8.67. The number of hydrogen-bond acceptors (Lipinski definition) is 7. The second kappa shape index (κ2) is 7.33. The van der Waals surface area contributed by atoms with Crippen molar-refractivity contribution in [3.05, 3.63) is 10.6 Å². The summed E-state index contributed by atoms with van der Waals surface area (Å²) < 4.78 is 24.3. The van der Waals surface area contributed by atoms with Crippen LogP contribution in [0.4, 0.5) is 0 Å². The SMILES string of the molecule is C[C@@H](O)[C@H]1C(=O)N2C(C(=O)O)=C(SC3CN[C@H](CNS(N)(=O)=O)C3)[C@H](C)[C@@H]12. The number of carboxylic acid groups (broad SMARTS) is 1. The molecule has 0 radical (unpaired) electrons. The fraction of sp³-hybridized carbons (Fsp3) is 0.733. The largest absolute Gasteiger partial charge is 0.477 e. The lowest BCUT2D eigenvalue weighted by atomic mass is 9.79. The molecule has 10 nitrogen and oxygen atoms in total. The van der Waals surface area contributed by atoms with Gasteiger partial charge in [-0.15, -0.1) is 11.8 Å². The molecule has 0 aromatic carbocycles. The van der Waals surface area contributed by atoms with Gasteiger partial charge in [0, 0.05) is 35.2 Å². The van der Waals surface area contributed by atoms with Crippen LogP contribution in [0.1, 0.15) is 20.3 Å². The number of nitrogens with zero attached hydrogens (tertiary/aromatic N) is 1. The average molecular weight is 421 g/mol. The molecule has 3 heterocycles. The predicted molar refractivity (Wildman–Crippen MR) is 98.5 cm³/mol. The van der Waals surface area contributed by atoms with Crippen molar-refractivity contribution in [2.24, 2.45) is 17.0 Å². The highest BCUT2D eigenvalue weighted by Crippen LogP contribution is 2.51. The maximum absolute atomic E-state index is 12.3. The highest BCUT2D eigenvalue weighted by molar-refractivity contribution is 8.03. The van der Waals surface area contributed by atoms with Crippen molar-refractivity contribution in [3.63, 3.8) is 0 Å². The first kappa shape index (κ1) is 20.6. The van der Waals surface area contributed by atoms with Crippen molar-refractivity contribution in [3.8, 4) is 0 Å². The zero-order valence-electron chi connectivity index (χ0n) is 15.0. The Morgan fingerprint density at radius 3 is 2.74 bits per heavy atom. The second-order valence-corrected chi connectivity index (χ2v) is 9.97. The maximum Gasteiger partial charge on any atom is 0.353 e. The van der Waals surface area contributed by atoms with Crippen molar-refractivity contribution in [1.82, 2.24) is 14.9 Å². The number of aliphatic hydroxyl groups is 1. The maximum atomic E-state index is 12.3. The van der Waals surface area contributed by atoms with E-state index in [1.54, 1.807) is 6.92 Å². The van der Waals surface area contributed by atoms with Crippen molar-refractivity contribution < 1.29 is 28.2 Å². The van der Waals surface area contributed by atoms with Crippen LogP contribution < -0.4 is 15.2 Å². The van der Waals surface area contributed by atoms with Crippen LogP contribution in [0.15, 0.2) is 10.6 Å². The van der Waals surface area contributed by atoms with Crippen LogP contribution >= 0.6 is 11.8 Å². The Balaban J connectivity index is 1.71. The molecule has 2 fully saturated rings. The molecule has 6 N–H and O–H groups in total. The minimum Gasteiger partial charge on any atom is -0.477 e. The Morgan fingerprint density at radius 2 is 2.19 bits per heavy atom. The minimum absolute atomic E-state index is 0.00510. The normalized spacial score (nSPS) is 34.6. The molecule has 0 bridgehead atoms. The van der Waals surface area contributed by atoms with Crippen LogP contribution in [0, 0.1) is 11.8 Å². The molecule has 6 atom stereocenters. The number of rotatable bonds is 7. The van der Waals surface area contributed by atoms with Gasteiger partial charge in [-0.25, -0.2) is 14.7 Å². The van der Waals surface area contributed by atoms with E-state index in [0.717, 1.165) is 0 Å². The Hall–Kier alpha value is -1.18. The van der Waals surface area contributed by atoms with E-state index in [1.165, 1.54) is 16.7 Å². The van der Waals surface area contributed by atoms with Crippen LogP contribution in [0.25, 0.3) is 0 Å². The van der Waals surface area contributed by atoms with E-state index >= 15 is 0 Å². The number of aliphatic carboxylic acids is 1. The Labute approximate surface area is 161 Å². The number of carboxylic acids is 1. The highest BCUT2D eigenvalue weighted by atomic mass is 32.2. The van der Waals surface area contributed by atoms with Gasteiger partial charge in [0.1, 0.15) is 5.70 Å². The van der Waals surface area contributed by atoms with Gasteiger partial charge in [-0.1, -0.05) is 6.92 Å². The molecule has 0 aliphatic carbocycles. The van der Waals surface area contributed by atoms with E-state index in [4.69, 9.17) is 5.14 Å². The van der Waals surface area contributed by atoms with Crippen LogP contribution in [0.3, 0.4) is 0 Å². The number of nitrogens with two attached hydrogens (primary N) is 1. The smallest absolute Gasteiger partial charge is 0.353 e. The van der Waals surface area contributed by atoms with Gasteiger partial charge < -0.3 is 20.4 Å². The van der Waals surface area contributed by atoms with Crippen molar-refractivity contribution >= 4 is 33.8 Å². The molecule has 0 spiro atoms. The highest BCUT2D eigenvalue weighted by Gasteiger charge is 2.60. The number of nitrogens with one attached hydrogen (secondary N) is 2. The molecule has 12 heteroatoms. The fourth-order valence-corrected chi connectivity index (χ4v) is 6.05. The zero-order chi connectivity index (χ0) is 20.1. The van der Waals surface area contributed by atoms with E-state index in [1.807, 2.05) is 6.92 Å². The molecular formula is C15H24N4O6S2. The molecule has 1 amide bonds. The number of hydrogen-bond donors (Lipinski definition) is 5. The number of thioether (sulfide) groups is 1. The van der Waals surface area contributed by atoms with Crippen LogP contribution in [0.2, 0.25) is 0 Å². The average Bonchev–Trinajstić information content (AvgIpc) is 3.07. The Bertz CT molecular complexity index is 783. The standard InChI is InChI=1S/C15H24N4O6S2/c1-6-11-10(7(2)20)14(21)19(11)12(15(22)23)13(6)26-9-3-8(17-5-9)4-18-27(16,24)25/h6-11,17-18,20H,3-5H2,1-2H3,(H,22,23)(H2,16,24,25)/t6-,7-,8+,9?,10-,11+/m1/s1. The fourth-order valence-electron chi connectivity index (χ4n) is 4.10. The van der Waals surface area contributed by atoms with Gasteiger partial charge in [-0.3, -0.25) is 4.79 Å². The first-order valence-corrected chi connectivity index (χ1v) is 11.1. The molecule has 2 saturated heterocycles. The molecule has 27 heavy (non-hydrogen) atoms. The van der Waals surface area contributed by atoms with Crippen LogP contribution in [0.5, 0.6) is 0 Å². The summed E-state index contributed by atoms with van der Waals surface area (Å²) in [4.78, 5) is 26.1. The summed E-state index contributed by atoms with van der Waals surface area (Å²) in [5.41, 5.74) is 0.00510. The number of fused-ring (bicyclic) bond motifs is 1. The van der Waals surface area contributed by atoms with Gasteiger partial charge in [0.25, 0.3) is 10.2 Å². The summed E-state index contributed by atoms with van der Waals surface area (Å²) in [7, 11) is -3.76. The molecular weight excluding hydrogens is 396 g/mol. The predicted octanol–water partition coefficient (Wildman–Crippen LogP) is -1.60. The van der Waals surface area contributed by atoms with Gasteiger partial charge in [0.15, 0.2) is 0 Å². The second-order valence-electron chi connectivity index (χ2n) is 7.25. The van der Waals surface area contributed by atoms with Crippen LogP contribution in [-0.2, 0) is 19.8 Å². The topological polar surface area (TPSA) is 162 Å². The summed E-state index contributed by atoms with van der Waals surface area (Å²) in [6.07, 6.45) is -0.197. The van der Waals surface area contributed by atoms with Gasteiger partial charge >= 0.3 is 5.97 Å². The van der Waals surface area contributed by atoms with Gasteiger partial charge in [0.05, 0.1) is 18.1 Å². The number of β-lactam (4-membered cyclic amide) rings is 1. The molecule has 152 valence electrons. The Morgan fingerprint density at radius 1 is 1.52 bits per heavy atom. The van der Waals surface area contributed by atoms with E-state index in [0.29, 0.717) is 17.9 Å². The lowest BCUT2D eigenvalue weighted by Gasteiger charge is -2.46. The van der Waals surface area contributed by atoms with Gasteiger partial charge in [0.2, 0.25) is 5.91 Å². The third kappa shape index (κ3) is 3.87. The third-order valence-corrected chi connectivity index (χ3v) is 7.40. The quantitative estimate of drug-likeness (QED) is 0.308. The molecule has 0 aromatic rings. The Kier molecular flexibility index (Phi) is 5.58. The third-order valence-electron chi connectivity index (χ3n) is 5.32. The summed E-state index contributed by atoms with van der Waals surface area (Å²) in [5.74, 6) is -2.27. The number of aliphatic hydroxyl groups excluding tert-OH is 1. The molecule has 3 rings (SSSR count). The van der Waals surface area contributed by atoms with E-state index in [9.17, 15) is 28.2 Å². The van der Waals surface area contributed by atoms with Gasteiger partial charge in [-0.2, -0.15) is 8.42 Å². The number of amides is 1. The molecule has 3 aliphatic heterocycles. The monoisotopic (exact) mass is 420 g/mol. The summed E-state index contributed by atoms with van der Waals surface area (Å²) in [5, 5.41) is 27.7. The van der Waals surface area contributed by atoms with Crippen molar-refractivity contribution in [2.45, 2.75) is 43.7 Å². The molecule has 3 aliphatic rings.